The van der Waals surface area contributed by atoms with E-state index >= 15 is 0 Å². The molecule has 0 saturated heterocycles. The fraction of sp³-hybridized carbons (Fsp3) is 0.714. The predicted molar refractivity (Wildman–Crippen MR) is 72.4 cm³/mol. The van der Waals surface area contributed by atoms with Gasteiger partial charge in [-0.3, -0.25) is 19.2 Å². The second-order valence-corrected chi connectivity index (χ2v) is 6.23. The molecule has 0 aliphatic rings. The largest absolute Gasteiger partial charge is 0.481 e. The van der Waals surface area contributed by atoms with Gasteiger partial charge in [-0.2, -0.15) is 0 Å². The van der Waals surface area contributed by atoms with Crippen molar-refractivity contribution in [3.63, 3.8) is 0 Å². The van der Waals surface area contributed by atoms with Gasteiger partial charge in [0.05, 0.1) is 10.8 Å². The van der Waals surface area contributed by atoms with Crippen molar-refractivity contribution in [3.8, 4) is 0 Å². The van der Waals surface area contributed by atoms with E-state index in [1.165, 1.54) is 27.7 Å². The van der Waals surface area contributed by atoms with Crippen LogP contribution in [0, 0.1) is 10.8 Å². The highest BCUT2D eigenvalue weighted by Gasteiger charge is 2.37. The molecule has 21 heavy (non-hydrogen) atoms. The van der Waals surface area contributed by atoms with Gasteiger partial charge in [0, 0.05) is 12.8 Å². The molecular weight excluding hydrogens is 280 g/mol. The second-order valence-electron chi connectivity index (χ2n) is 6.23. The quantitative estimate of drug-likeness (QED) is 0.518. The van der Waals surface area contributed by atoms with E-state index in [0.29, 0.717) is 0 Å². The van der Waals surface area contributed by atoms with Crippen molar-refractivity contribution < 1.29 is 34.1 Å². The Labute approximate surface area is 123 Å². The minimum atomic E-state index is -1.10. The summed E-state index contributed by atoms with van der Waals surface area (Å²) in [5.74, 6) is -3.69. The molecule has 0 aromatic carbocycles. The lowest BCUT2D eigenvalue weighted by Crippen LogP contribution is -2.35. The number of carboxylic acids is 2. The molecule has 120 valence electrons. The van der Waals surface area contributed by atoms with Crippen molar-refractivity contribution in [2.24, 2.45) is 10.8 Å². The van der Waals surface area contributed by atoms with Crippen molar-refractivity contribution in [2.45, 2.75) is 53.4 Å². The third-order valence-electron chi connectivity index (χ3n) is 3.22. The fourth-order valence-corrected chi connectivity index (χ4v) is 1.40. The Morgan fingerprint density at radius 3 is 1.29 bits per heavy atom. The van der Waals surface area contributed by atoms with Gasteiger partial charge in [0.25, 0.3) is 0 Å². The lowest BCUT2D eigenvalue weighted by molar-refractivity contribution is -0.172. The van der Waals surface area contributed by atoms with E-state index in [2.05, 4.69) is 0 Å². The molecule has 0 aliphatic heterocycles. The zero-order valence-corrected chi connectivity index (χ0v) is 12.8. The van der Waals surface area contributed by atoms with E-state index in [0.717, 1.165) is 0 Å². The second kappa shape index (κ2) is 7.19. The lowest BCUT2D eigenvalue weighted by Gasteiger charge is -2.25. The highest BCUT2D eigenvalue weighted by atomic mass is 16.6. The van der Waals surface area contributed by atoms with E-state index in [1.54, 1.807) is 0 Å². The molecule has 0 amide bonds. The monoisotopic (exact) mass is 302 g/mol. The summed E-state index contributed by atoms with van der Waals surface area (Å²) in [6, 6.07) is 0. The Kier molecular flexibility index (Phi) is 6.53. The minimum Gasteiger partial charge on any atom is -0.481 e. The van der Waals surface area contributed by atoms with Gasteiger partial charge in [0.2, 0.25) is 0 Å². The van der Waals surface area contributed by atoms with Crippen molar-refractivity contribution in [3.05, 3.63) is 0 Å². The SMILES string of the molecule is CC(C)(CCC(=O)O)C(=O)OC(=O)C(C)(C)CCC(=O)O. The van der Waals surface area contributed by atoms with E-state index in [9.17, 15) is 19.2 Å². The Bertz CT molecular complexity index is 395. The zero-order chi connectivity index (χ0) is 16.8. The molecule has 0 atom stereocenters. The smallest absolute Gasteiger partial charge is 0.319 e. The topological polar surface area (TPSA) is 118 Å². The first-order chi connectivity index (χ1) is 9.38. The van der Waals surface area contributed by atoms with E-state index in [4.69, 9.17) is 14.9 Å². The van der Waals surface area contributed by atoms with Crippen LogP contribution in [0.4, 0.5) is 0 Å². The molecule has 0 fully saturated rings. The number of carboxylic acid groups (broad SMARTS) is 2. The Balaban J connectivity index is 4.64. The normalized spacial score (nSPS) is 11.8. The van der Waals surface area contributed by atoms with Crippen LogP contribution in [-0.4, -0.2) is 34.1 Å². The number of carbonyl (C=O) groups excluding carboxylic acids is 2. The highest BCUT2D eigenvalue weighted by molar-refractivity contribution is 5.91. The first-order valence-electron chi connectivity index (χ1n) is 6.59. The van der Waals surface area contributed by atoms with Crippen LogP contribution in [0.1, 0.15) is 53.4 Å². The maximum absolute atomic E-state index is 11.9. The highest BCUT2D eigenvalue weighted by Crippen LogP contribution is 2.28. The predicted octanol–water partition coefficient (Wildman–Crippen LogP) is 1.84. The third-order valence-corrected chi connectivity index (χ3v) is 3.22. The van der Waals surface area contributed by atoms with Gasteiger partial charge in [-0.25, -0.2) is 0 Å². The van der Waals surface area contributed by atoms with Gasteiger partial charge in [-0.1, -0.05) is 0 Å². The lowest BCUT2D eigenvalue weighted by atomic mass is 9.86. The molecule has 0 bridgehead atoms. The average Bonchev–Trinajstić information content (AvgIpc) is 2.34. The summed E-state index contributed by atoms with van der Waals surface area (Å²) in [6.07, 6.45) is -0.328. The van der Waals surface area contributed by atoms with Gasteiger partial charge in [-0.05, 0) is 40.5 Å². The van der Waals surface area contributed by atoms with Crippen LogP contribution in [0.5, 0.6) is 0 Å². The van der Waals surface area contributed by atoms with Crippen molar-refractivity contribution in [1.29, 1.82) is 0 Å². The molecule has 0 aromatic heterocycles. The van der Waals surface area contributed by atoms with Crippen LogP contribution >= 0.6 is 0 Å². The Hall–Kier alpha value is -1.92. The fourth-order valence-electron chi connectivity index (χ4n) is 1.40. The molecule has 2 N–H and O–H groups in total. The molecule has 7 heteroatoms. The van der Waals surface area contributed by atoms with Crippen molar-refractivity contribution in [1.82, 2.24) is 0 Å². The van der Waals surface area contributed by atoms with Gasteiger partial charge in [-0.15, -0.1) is 0 Å². The first-order valence-corrected chi connectivity index (χ1v) is 6.59. The Morgan fingerprint density at radius 2 is 1.05 bits per heavy atom. The zero-order valence-electron chi connectivity index (χ0n) is 12.8. The van der Waals surface area contributed by atoms with Gasteiger partial charge < -0.3 is 14.9 Å². The maximum Gasteiger partial charge on any atom is 0.319 e. The molecule has 0 spiro atoms. The summed E-state index contributed by atoms with van der Waals surface area (Å²) in [5.41, 5.74) is -2.20. The Morgan fingerprint density at radius 1 is 0.762 bits per heavy atom. The van der Waals surface area contributed by atoms with Crippen LogP contribution in [0.2, 0.25) is 0 Å². The molecule has 0 unspecified atom stereocenters. The summed E-state index contributed by atoms with van der Waals surface area (Å²) >= 11 is 0. The number of aliphatic carboxylic acids is 2. The van der Waals surface area contributed by atoms with Gasteiger partial charge >= 0.3 is 23.9 Å². The minimum absolute atomic E-state index is 0.0456. The van der Waals surface area contributed by atoms with Crippen LogP contribution in [0.3, 0.4) is 0 Å². The molecule has 0 rings (SSSR count). The standard InChI is InChI=1S/C14H22O7/c1-13(2,7-5-9(15)16)11(19)21-12(20)14(3,4)8-6-10(17)18/h5-8H2,1-4H3,(H,15,16)(H,17,18). The molecular formula is C14H22O7. The molecule has 0 radical (unpaired) electrons. The first kappa shape index (κ1) is 19.1. The average molecular weight is 302 g/mol. The molecule has 0 aromatic rings. The van der Waals surface area contributed by atoms with Crippen molar-refractivity contribution in [2.75, 3.05) is 0 Å². The molecule has 0 heterocycles. The maximum atomic E-state index is 11.9. The van der Waals surface area contributed by atoms with E-state index < -0.39 is 34.7 Å². The number of rotatable bonds is 8. The van der Waals surface area contributed by atoms with Gasteiger partial charge in [0.1, 0.15) is 0 Å². The summed E-state index contributed by atoms with van der Waals surface area (Å²) in [4.78, 5) is 44.9. The number of hydrogen-bond acceptors (Lipinski definition) is 5. The van der Waals surface area contributed by atoms with E-state index in [1.807, 2.05) is 0 Å². The van der Waals surface area contributed by atoms with Crippen LogP contribution in [0.25, 0.3) is 0 Å². The molecule has 0 aliphatic carbocycles. The van der Waals surface area contributed by atoms with Crippen molar-refractivity contribution >= 4 is 23.9 Å². The summed E-state index contributed by atoms with van der Waals surface area (Å²) < 4.78 is 4.78. The third kappa shape index (κ3) is 6.87. The number of ether oxygens (including phenoxy) is 1. The summed E-state index contributed by atoms with van der Waals surface area (Å²) in [5, 5.41) is 17.2. The van der Waals surface area contributed by atoms with Crippen LogP contribution in [-0.2, 0) is 23.9 Å². The van der Waals surface area contributed by atoms with E-state index in [-0.39, 0.29) is 25.7 Å². The molecule has 0 saturated carbocycles. The number of hydrogen-bond donors (Lipinski definition) is 2. The van der Waals surface area contributed by atoms with Gasteiger partial charge in [0.15, 0.2) is 0 Å². The van der Waals surface area contributed by atoms with Crippen LogP contribution in [0.15, 0.2) is 0 Å². The number of carbonyl (C=O) groups is 4. The number of esters is 2. The summed E-state index contributed by atoms with van der Waals surface area (Å²) in [6.45, 7) is 5.98. The summed E-state index contributed by atoms with van der Waals surface area (Å²) in [7, 11) is 0. The molecule has 7 nitrogen and oxygen atoms in total. The van der Waals surface area contributed by atoms with Crippen LogP contribution < -0.4 is 0 Å².